The summed E-state index contributed by atoms with van der Waals surface area (Å²) in [6.45, 7) is 3.57. The number of hydrogen-bond acceptors (Lipinski definition) is 6. The van der Waals surface area contributed by atoms with Crippen molar-refractivity contribution in [3.05, 3.63) is 10.4 Å². The molecule has 0 unspecified atom stereocenters. The van der Waals surface area contributed by atoms with E-state index in [-0.39, 0.29) is 11.5 Å². The van der Waals surface area contributed by atoms with Crippen LogP contribution >= 0.6 is 11.3 Å². The number of Topliss-reactive ketones (excluding diaryl/α,β-unsaturated/α-hetero) is 1. The molecule has 1 fully saturated rings. The molecule has 6 heteroatoms. The molecule has 104 valence electrons. The minimum atomic E-state index is -0.467. The first-order valence-electron chi connectivity index (χ1n) is 6.38. The lowest BCUT2D eigenvalue weighted by atomic mass is 10.1. The van der Waals surface area contributed by atoms with Crippen LogP contribution in [-0.2, 0) is 4.74 Å². The largest absolute Gasteiger partial charge is 0.465 e. The molecule has 2 heterocycles. The van der Waals surface area contributed by atoms with E-state index in [2.05, 4.69) is 4.90 Å². The van der Waals surface area contributed by atoms with Gasteiger partial charge in [-0.3, -0.25) is 4.79 Å². The molecule has 2 rings (SSSR count). The smallest absolute Gasteiger partial charge is 0.343 e. The molecule has 1 aliphatic heterocycles. The van der Waals surface area contributed by atoms with Crippen LogP contribution in [0.2, 0.25) is 0 Å². The first-order valence-corrected chi connectivity index (χ1v) is 7.20. The van der Waals surface area contributed by atoms with Crippen molar-refractivity contribution < 1.29 is 14.3 Å². The molecule has 0 amide bonds. The maximum absolute atomic E-state index is 11.9. The van der Waals surface area contributed by atoms with E-state index in [1.165, 1.54) is 18.4 Å². The average molecular weight is 282 g/mol. The normalized spacial score (nSPS) is 14.7. The average Bonchev–Trinajstić information content (AvgIpc) is 3.04. The van der Waals surface area contributed by atoms with Gasteiger partial charge in [-0.2, -0.15) is 0 Å². The lowest BCUT2D eigenvalue weighted by Crippen LogP contribution is -2.19. The number of anilines is 2. The Morgan fingerprint density at radius 2 is 2.00 bits per heavy atom. The van der Waals surface area contributed by atoms with E-state index in [1.54, 1.807) is 6.92 Å². The van der Waals surface area contributed by atoms with Crippen molar-refractivity contribution in [3.63, 3.8) is 0 Å². The van der Waals surface area contributed by atoms with Crippen molar-refractivity contribution in [3.8, 4) is 0 Å². The van der Waals surface area contributed by atoms with Crippen LogP contribution < -0.4 is 10.6 Å². The van der Waals surface area contributed by atoms with Gasteiger partial charge in [-0.25, -0.2) is 4.79 Å². The number of nitrogens with two attached hydrogens (primary N) is 1. The molecule has 0 aliphatic carbocycles. The first-order chi connectivity index (χ1) is 9.10. The molecule has 1 aliphatic rings. The first kappa shape index (κ1) is 13.9. The highest BCUT2D eigenvalue weighted by Crippen LogP contribution is 2.40. The predicted octanol–water partition coefficient (Wildman–Crippen LogP) is 2.31. The van der Waals surface area contributed by atoms with Gasteiger partial charge in [0.1, 0.15) is 10.6 Å². The number of carbonyl (C=O) groups excluding carboxylic acids is 2. The van der Waals surface area contributed by atoms with Gasteiger partial charge in [0.05, 0.1) is 17.7 Å². The van der Waals surface area contributed by atoms with Gasteiger partial charge in [-0.15, -0.1) is 11.3 Å². The van der Waals surface area contributed by atoms with Crippen LogP contribution in [0.15, 0.2) is 0 Å². The molecule has 5 nitrogen and oxygen atoms in total. The second-order valence-corrected chi connectivity index (χ2v) is 5.49. The number of esters is 1. The highest BCUT2D eigenvalue weighted by atomic mass is 32.1. The van der Waals surface area contributed by atoms with Crippen LogP contribution in [-0.4, -0.2) is 32.0 Å². The molecule has 2 N–H and O–H groups in total. The fraction of sp³-hybridized carbons (Fsp3) is 0.538. The molecule has 1 aromatic heterocycles. The monoisotopic (exact) mass is 282 g/mol. The van der Waals surface area contributed by atoms with Gasteiger partial charge in [0, 0.05) is 19.5 Å². The summed E-state index contributed by atoms with van der Waals surface area (Å²) in [6, 6.07) is 0. The fourth-order valence-corrected chi connectivity index (χ4v) is 3.51. The standard InChI is InChI=1S/C13H18N2O3S/c1-3-8(16)11-10(14)9(13(17)18-2)12(19-11)15-6-4-5-7-15/h3-7,14H2,1-2H3. The third-order valence-electron chi connectivity index (χ3n) is 3.28. The summed E-state index contributed by atoms with van der Waals surface area (Å²) in [6.07, 6.45) is 2.57. The van der Waals surface area contributed by atoms with Crippen molar-refractivity contribution >= 4 is 33.8 Å². The van der Waals surface area contributed by atoms with Gasteiger partial charge in [0.25, 0.3) is 0 Å². The van der Waals surface area contributed by atoms with Crippen molar-refractivity contribution in [1.82, 2.24) is 0 Å². The second kappa shape index (κ2) is 5.61. The molecule has 0 bridgehead atoms. The zero-order valence-electron chi connectivity index (χ0n) is 11.2. The van der Waals surface area contributed by atoms with Gasteiger partial charge in [-0.1, -0.05) is 6.92 Å². The Bertz CT molecular complexity index is 504. The van der Waals surface area contributed by atoms with E-state index in [0.29, 0.717) is 16.9 Å². The summed E-state index contributed by atoms with van der Waals surface area (Å²) in [5, 5.41) is 0.777. The Hall–Kier alpha value is -1.56. The predicted molar refractivity (Wildman–Crippen MR) is 76.1 cm³/mol. The SMILES string of the molecule is CCC(=O)c1sc(N2CCCC2)c(C(=O)OC)c1N. The molecule has 0 radical (unpaired) electrons. The van der Waals surface area contributed by atoms with Crippen molar-refractivity contribution in [2.24, 2.45) is 0 Å². The molecular formula is C13H18N2O3S. The van der Waals surface area contributed by atoms with E-state index in [9.17, 15) is 9.59 Å². The van der Waals surface area contributed by atoms with Crippen LogP contribution in [0, 0.1) is 0 Å². The summed E-state index contributed by atoms with van der Waals surface area (Å²) < 4.78 is 4.79. The Balaban J connectivity index is 2.50. The minimum Gasteiger partial charge on any atom is -0.465 e. The zero-order chi connectivity index (χ0) is 14.0. The molecular weight excluding hydrogens is 264 g/mol. The molecule has 0 aromatic carbocycles. The molecule has 1 aromatic rings. The van der Waals surface area contributed by atoms with Crippen molar-refractivity contribution in [2.45, 2.75) is 26.2 Å². The molecule has 19 heavy (non-hydrogen) atoms. The summed E-state index contributed by atoms with van der Waals surface area (Å²) in [5.41, 5.74) is 6.61. The number of ketones is 1. The molecule has 0 spiro atoms. The quantitative estimate of drug-likeness (QED) is 0.677. The third kappa shape index (κ3) is 2.45. The third-order valence-corrected chi connectivity index (χ3v) is 4.59. The fourth-order valence-electron chi connectivity index (χ4n) is 2.24. The molecule has 1 saturated heterocycles. The molecule has 0 atom stereocenters. The highest BCUT2D eigenvalue weighted by molar-refractivity contribution is 7.19. The van der Waals surface area contributed by atoms with Crippen molar-refractivity contribution in [1.29, 1.82) is 0 Å². The number of hydrogen-bond donors (Lipinski definition) is 1. The maximum atomic E-state index is 11.9. The number of nitrogens with zero attached hydrogens (tertiary/aromatic N) is 1. The van der Waals surface area contributed by atoms with E-state index in [0.717, 1.165) is 30.9 Å². The summed E-state index contributed by atoms with van der Waals surface area (Å²) in [4.78, 5) is 26.4. The van der Waals surface area contributed by atoms with E-state index < -0.39 is 5.97 Å². The number of nitrogen functional groups attached to an aromatic ring is 1. The van der Waals surface area contributed by atoms with Gasteiger partial charge in [-0.05, 0) is 12.8 Å². The van der Waals surface area contributed by atoms with Crippen LogP contribution in [0.1, 0.15) is 46.2 Å². The van der Waals surface area contributed by atoms with Gasteiger partial charge < -0.3 is 15.4 Å². The van der Waals surface area contributed by atoms with Gasteiger partial charge in [0.2, 0.25) is 0 Å². The van der Waals surface area contributed by atoms with Crippen LogP contribution in [0.25, 0.3) is 0 Å². The maximum Gasteiger partial charge on any atom is 0.343 e. The zero-order valence-corrected chi connectivity index (χ0v) is 12.0. The van der Waals surface area contributed by atoms with Crippen molar-refractivity contribution in [2.75, 3.05) is 30.8 Å². The van der Waals surface area contributed by atoms with Crippen LogP contribution in [0.4, 0.5) is 10.7 Å². The number of methoxy groups -OCH3 is 1. The number of thiophene rings is 1. The Labute approximate surface area is 116 Å². The Kier molecular flexibility index (Phi) is 4.09. The minimum absolute atomic E-state index is 0.0295. The van der Waals surface area contributed by atoms with Crippen LogP contribution in [0.3, 0.4) is 0 Å². The summed E-state index contributed by atoms with van der Waals surface area (Å²) in [7, 11) is 1.33. The second-order valence-electron chi connectivity index (χ2n) is 4.49. The van der Waals surface area contributed by atoms with E-state index in [1.807, 2.05) is 0 Å². The summed E-state index contributed by atoms with van der Waals surface area (Å²) in [5.74, 6) is -0.496. The number of ether oxygens (including phenoxy) is 1. The Morgan fingerprint density at radius 1 is 1.37 bits per heavy atom. The highest BCUT2D eigenvalue weighted by Gasteiger charge is 2.29. The number of rotatable bonds is 4. The topological polar surface area (TPSA) is 72.6 Å². The van der Waals surface area contributed by atoms with Crippen LogP contribution in [0.5, 0.6) is 0 Å². The van der Waals surface area contributed by atoms with Gasteiger partial charge in [0.15, 0.2) is 5.78 Å². The number of carbonyl (C=O) groups is 2. The molecule has 0 saturated carbocycles. The lowest BCUT2D eigenvalue weighted by Gasteiger charge is -2.16. The Morgan fingerprint density at radius 3 is 2.53 bits per heavy atom. The van der Waals surface area contributed by atoms with E-state index >= 15 is 0 Å². The van der Waals surface area contributed by atoms with E-state index in [4.69, 9.17) is 10.5 Å². The van der Waals surface area contributed by atoms with Gasteiger partial charge >= 0.3 is 5.97 Å². The summed E-state index contributed by atoms with van der Waals surface area (Å²) >= 11 is 1.31. The lowest BCUT2D eigenvalue weighted by molar-refractivity contribution is 0.0603.